The standard InChI is InChI=1S/C26H24FN5O2S/c1-17-8-9-18(2)22(14-17)32-23(15-28-25(34)19-6-4-3-5-7-19)30-31-26(32)35-16-24(33)29-21-12-10-20(27)11-13-21/h3-14H,15-16H2,1-2H3,(H,28,34)(H,29,33). The Balaban J connectivity index is 1.54. The van der Waals surface area contributed by atoms with Crippen LogP contribution in [-0.2, 0) is 11.3 Å². The number of nitrogens with zero attached hydrogens (tertiary/aromatic N) is 3. The van der Waals surface area contributed by atoms with E-state index >= 15 is 0 Å². The number of nitrogens with one attached hydrogen (secondary N) is 2. The molecule has 0 fully saturated rings. The number of amides is 2. The van der Waals surface area contributed by atoms with E-state index in [0.29, 0.717) is 22.2 Å². The Kier molecular flexibility index (Phi) is 7.57. The van der Waals surface area contributed by atoms with Crippen LogP contribution in [0.3, 0.4) is 0 Å². The third kappa shape index (κ3) is 6.13. The van der Waals surface area contributed by atoms with Crippen LogP contribution in [0.5, 0.6) is 0 Å². The highest BCUT2D eigenvalue weighted by Gasteiger charge is 2.18. The Morgan fingerprint density at radius 3 is 2.46 bits per heavy atom. The third-order valence-corrected chi connectivity index (χ3v) is 6.14. The monoisotopic (exact) mass is 489 g/mol. The minimum atomic E-state index is -0.370. The van der Waals surface area contributed by atoms with Crippen molar-refractivity contribution in [1.29, 1.82) is 0 Å². The van der Waals surface area contributed by atoms with Gasteiger partial charge in [0, 0.05) is 11.3 Å². The molecule has 1 aromatic heterocycles. The van der Waals surface area contributed by atoms with Crippen LogP contribution in [0.4, 0.5) is 10.1 Å². The zero-order valence-electron chi connectivity index (χ0n) is 19.3. The zero-order chi connectivity index (χ0) is 24.8. The highest BCUT2D eigenvalue weighted by atomic mass is 32.2. The molecule has 7 nitrogen and oxygen atoms in total. The number of thioether (sulfide) groups is 1. The first-order valence-electron chi connectivity index (χ1n) is 10.9. The molecular formula is C26H24FN5O2S. The zero-order valence-corrected chi connectivity index (χ0v) is 20.1. The van der Waals surface area contributed by atoms with Crippen LogP contribution in [0.15, 0.2) is 78.0 Å². The van der Waals surface area contributed by atoms with Crippen LogP contribution in [0.25, 0.3) is 5.69 Å². The molecule has 4 rings (SSSR count). The number of hydrogen-bond acceptors (Lipinski definition) is 5. The van der Waals surface area contributed by atoms with Gasteiger partial charge in [0.25, 0.3) is 5.91 Å². The smallest absolute Gasteiger partial charge is 0.251 e. The largest absolute Gasteiger partial charge is 0.345 e. The quantitative estimate of drug-likeness (QED) is 0.351. The summed E-state index contributed by atoms with van der Waals surface area (Å²) in [5, 5.41) is 14.8. The fourth-order valence-corrected chi connectivity index (χ4v) is 4.19. The molecule has 2 amide bonds. The Bertz CT molecular complexity index is 1340. The summed E-state index contributed by atoms with van der Waals surface area (Å²) in [5.74, 6) is -0.211. The maximum Gasteiger partial charge on any atom is 0.251 e. The summed E-state index contributed by atoms with van der Waals surface area (Å²) in [4.78, 5) is 25.0. The van der Waals surface area contributed by atoms with Gasteiger partial charge < -0.3 is 10.6 Å². The number of carbonyl (C=O) groups excluding carboxylic acids is 2. The number of halogens is 1. The molecule has 0 radical (unpaired) electrons. The Hall–Kier alpha value is -3.98. The van der Waals surface area contributed by atoms with Gasteiger partial charge in [-0.1, -0.05) is 42.1 Å². The van der Waals surface area contributed by atoms with Crippen LogP contribution in [0.2, 0.25) is 0 Å². The Labute approximate surface area is 206 Å². The van der Waals surface area contributed by atoms with Crippen molar-refractivity contribution < 1.29 is 14.0 Å². The van der Waals surface area contributed by atoms with Crippen molar-refractivity contribution in [3.05, 3.63) is 101 Å². The summed E-state index contributed by atoms with van der Waals surface area (Å²) in [6, 6.07) is 20.6. The van der Waals surface area contributed by atoms with Gasteiger partial charge in [-0.3, -0.25) is 14.2 Å². The van der Waals surface area contributed by atoms with E-state index < -0.39 is 0 Å². The molecule has 178 valence electrons. The maximum absolute atomic E-state index is 13.1. The highest BCUT2D eigenvalue weighted by molar-refractivity contribution is 7.99. The van der Waals surface area contributed by atoms with Crippen LogP contribution in [0.1, 0.15) is 27.3 Å². The number of anilines is 1. The minimum absolute atomic E-state index is 0.0801. The lowest BCUT2D eigenvalue weighted by atomic mass is 10.1. The molecule has 0 aliphatic heterocycles. The number of hydrogen-bond donors (Lipinski definition) is 2. The molecule has 0 spiro atoms. The summed E-state index contributed by atoms with van der Waals surface area (Å²) in [5.41, 5.74) is 4.00. The number of aryl methyl sites for hydroxylation is 2. The Morgan fingerprint density at radius 1 is 0.971 bits per heavy atom. The average molecular weight is 490 g/mol. The molecule has 0 saturated carbocycles. The van der Waals surface area contributed by atoms with Crippen LogP contribution >= 0.6 is 11.8 Å². The lowest BCUT2D eigenvalue weighted by Crippen LogP contribution is -2.24. The van der Waals surface area contributed by atoms with Crippen molar-refractivity contribution >= 4 is 29.3 Å². The van der Waals surface area contributed by atoms with Crippen molar-refractivity contribution in [3.63, 3.8) is 0 Å². The molecule has 0 aliphatic rings. The van der Waals surface area contributed by atoms with Crippen molar-refractivity contribution in [1.82, 2.24) is 20.1 Å². The van der Waals surface area contributed by atoms with Crippen LogP contribution in [-0.4, -0.2) is 32.3 Å². The van der Waals surface area contributed by atoms with Gasteiger partial charge in [0.1, 0.15) is 5.82 Å². The van der Waals surface area contributed by atoms with E-state index in [0.717, 1.165) is 16.8 Å². The number of benzene rings is 3. The maximum atomic E-state index is 13.1. The number of rotatable bonds is 8. The van der Waals surface area contributed by atoms with Gasteiger partial charge in [-0.25, -0.2) is 4.39 Å². The normalized spacial score (nSPS) is 10.7. The second-order valence-electron chi connectivity index (χ2n) is 7.92. The van der Waals surface area contributed by atoms with E-state index in [2.05, 4.69) is 20.8 Å². The van der Waals surface area contributed by atoms with E-state index in [1.807, 2.05) is 42.7 Å². The number of carbonyl (C=O) groups is 2. The average Bonchev–Trinajstić information content (AvgIpc) is 3.27. The SMILES string of the molecule is Cc1ccc(C)c(-n2c(CNC(=O)c3ccccc3)nnc2SCC(=O)Nc2ccc(F)cc2)c1. The molecule has 9 heteroatoms. The summed E-state index contributed by atoms with van der Waals surface area (Å²) in [7, 11) is 0. The third-order valence-electron chi connectivity index (χ3n) is 5.21. The second-order valence-corrected chi connectivity index (χ2v) is 8.86. The van der Waals surface area contributed by atoms with E-state index in [9.17, 15) is 14.0 Å². The topological polar surface area (TPSA) is 88.9 Å². The number of aromatic nitrogens is 3. The van der Waals surface area contributed by atoms with Crippen LogP contribution < -0.4 is 10.6 Å². The molecule has 1 heterocycles. The first-order chi connectivity index (χ1) is 16.9. The predicted octanol–water partition coefficient (Wildman–Crippen LogP) is 4.68. The van der Waals surface area contributed by atoms with Gasteiger partial charge >= 0.3 is 0 Å². The van der Waals surface area contributed by atoms with E-state index in [-0.39, 0.29) is 29.9 Å². The van der Waals surface area contributed by atoms with Gasteiger partial charge in [-0.15, -0.1) is 10.2 Å². The van der Waals surface area contributed by atoms with E-state index in [1.165, 1.54) is 36.0 Å². The van der Waals surface area contributed by atoms with Crippen molar-refractivity contribution in [2.45, 2.75) is 25.5 Å². The van der Waals surface area contributed by atoms with Gasteiger partial charge in [-0.05, 0) is 67.4 Å². The molecule has 2 N–H and O–H groups in total. The molecule has 0 unspecified atom stereocenters. The highest BCUT2D eigenvalue weighted by Crippen LogP contribution is 2.25. The van der Waals surface area contributed by atoms with Crippen molar-refractivity contribution in [2.24, 2.45) is 0 Å². The lowest BCUT2D eigenvalue weighted by Gasteiger charge is -2.14. The second kappa shape index (κ2) is 11.0. The molecule has 0 saturated heterocycles. The predicted molar refractivity (Wildman–Crippen MR) is 134 cm³/mol. The molecule has 0 atom stereocenters. The van der Waals surface area contributed by atoms with E-state index in [1.54, 1.807) is 24.3 Å². The Morgan fingerprint density at radius 2 is 1.71 bits per heavy atom. The van der Waals surface area contributed by atoms with Gasteiger partial charge in [0.2, 0.25) is 5.91 Å². The van der Waals surface area contributed by atoms with Crippen molar-refractivity contribution in [2.75, 3.05) is 11.1 Å². The van der Waals surface area contributed by atoms with Gasteiger partial charge in [0.05, 0.1) is 18.0 Å². The first kappa shape index (κ1) is 24.2. The molecular weight excluding hydrogens is 465 g/mol. The molecule has 0 bridgehead atoms. The fraction of sp³-hybridized carbons (Fsp3) is 0.154. The molecule has 3 aromatic carbocycles. The lowest BCUT2D eigenvalue weighted by molar-refractivity contribution is -0.113. The molecule has 4 aromatic rings. The van der Waals surface area contributed by atoms with E-state index in [4.69, 9.17) is 0 Å². The molecule has 35 heavy (non-hydrogen) atoms. The summed E-state index contributed by atoms with van der Waals surface area (Å²) >= 11 is 1.23. The minimum Gasteiger partial charge on any atom is -0.345 e. The van der Waals surface area contributed by atoms with Crippen LogP contribution in [0, 0.1) is 19.7 Å². The van der Waals surface area contributed by atoms with Crippen molar-refractivity contribution in [3.8, 4) is 5.69 Å². The summed E-state index contributed by atoms with van der Waals surface area (Å²) in [6.45, 7) is 4.14. The first-order valence-corrected chi connectivity index (χ1v) is 11.9. The summed E-state index contributed by atoms with van der Waals surface area (Å²) in [6.07, 6.45) is 0. The van der Waals surface area contributed by atoms with Gasteiger partial charge in [0.15, 0.2) is 11.0 Å². The fourth-order valence-electron chi connectivity index (χ4n) is 3.42. The summed E-state index contributed by atoms with van der Waals surface area (Å²) < 4.78 is 15.0. The molecule has 0 aliphatic carbocycles. The van der Waals surface area contributed by atoms with Gasteiger partial charge in [-0.2, -0.15) is 0 Å².